The van der Waals surface area contributed by atoms with E-state index in [0.29, 0.717) is 49.8 Å². The third kappa shape index (κ3) is 4.10. The average Bonchev–Trinajstić information content (AvgIpc) is 3.33. The molecule has 1 N–H and O–H groups in total. The molecular formula is C23H23N3O8. The van der Waals surface area contributed by atoms with Gasteiger partial charge in [0.1, 0.15) is 12.3 Å². The van der Waals surface area contributed by atoms with Crippen LogP contribution in [0.1, 0.15) is 18.4 Å². The van der Waals surface area contributed by atoms with Crippen molar-refractivity contribution >= 4 is 23.2 Å². The van der Waals surface area contributed by atoms with E-state index in [-0.39, 0.29) is 42.6 Å². The second kappa shape index (κ2) is 8.82. The Morgan fingerprint density at radius 1 is 1.06 bits per heavy atom. The molecule has 2 amide bonds. The smallest absolute Gasteiger partial charge is 0.271 e. The summed E-state index contributed by atoms with van der Waals surface area (Å²) in [4.78, 5) is 37.2. The van der Waals surface area contributed by atoms with Gasteiger partial charge in [-0.1, -0.05) is 6.07 Å². The van der Waals surface area contributed by atoms with Crippen LogP contribution in [0.3, 0.4) is 0 Å². The molecule has 0 spiro atoms. The number of benzene rings is 2. The molecule has 3 aliphatic rings. The molecule has 3 heterocycles. The molecule has 2 aromatic carbocycles. The summed E-state index contributed by atoms with van der Waals surface area (Å²) in [6.07, 6.45) is 1.41. The van der Waals surface area contributed by atoms with Gasteiger partial charge in [0, 0.05) is 37.3 Å². The molecule has 2 aromatic rings. The SMILES string of the molecule is O=C(CN1C(=O)COc2ccc([N+](=O)[O-])cc21)NCC1(c2ccc3c(c2)OCO3)CCOCC1. The van der Waals surface area contributed by atoms with E-state index in [1.807, 2.05) is 18.2 Å². The summed E-state index contributed by atoms with van der Waals surface area (Å²) in [6, 6.07) is 9.76. The van der Waals surface area contributed by atoms with Crippen molar-refractivity contribution in [1.29, 1.82) is 0 Å². The maximum absolute atomic E-state index is 12.9. The zero-order valence-electron chi connectivity index (χ0n) is 18.3. The molecule has 5 rings (SSSR count). The Balaban J connectivity index is 1.33. The lowest BCUT2D eigenvalue weighted by atomic mass is 9.74. The minimum atomic E-state index is -0.558. The molecule has 1 saturated heterocycles. The Hall–Kier alpha value is -3.86. The Labute approximate surface area is 194 Å². The van der Waals surface area contributed by atoms with E-state index in [9.17, 15) is 19.7 Å². The van der Waals surface area contributed by atoms with Crippen molar-refractivity contribution in [2.75, 3.05) is 44.6 Å². The van der Waals surface area contributed by atoms with Crippen LogP contribution in [0.4, 0.5) is 11.4 Å². The fourth-order valence-electron chi connectivity index (χ4n) is 4.50. The maximum Gasteiger partial charge on any atom is 0.271 e. The van der Waals surface area contributed by atoms with Crippen molar-refractivity contribution in [3.05, 3.63) is 52.1 Å². The van der Waals surface area contributed by atoms with Gasteiger partial charge in [-0.3, -0.25) is 24.6 Å². The highest BCUT2D eigenvalue weighted by atomic mass is 16.7. The van der Waals surface area contributed by atoms with Crippen molar-refractivity contribution in [3.63, 3.8) is 0 Å². The van der Waals surface area contributed by atoms with E-state index >= 15 is 0 Å². The lowest BCUT2D eigenvalue weighted by Crippen LogP contribution is -2.49. The van der Waals surface area contributed by atoms with Gasteiger partial charge in [-0.2, -0.15) is 0 Å². The highest BCUT2D eigenvalue weighted by Gasteiger charge is 2.37. The molecule has 0 aliphatic carbocycles. The van der Waals surface area contributed by atoms with E-state index < -0.39 is 10.8 Å². The lowest BCUT2D eigenvalue weighted by molar-refractivity contribution is -0.384. The molecule has 178 valence electrons. The van der Waals surface area contributed by atoms with Gasteiger partial charge in [0.15, 0.2) is 18.1 Å². The summed E-state index contributed by atoms with van der Waals surface area (Å²) >= 11 is 0. The van der Waals surface area contributed by atoms with E-state index in [1.165, 1.54) is 23.1 Å². The summed E-state index contributed by atoms with van der Waals surface area (Å²) in [6.45, 7) is 1.13. The van der Waals surface area contributed by atoms with Crippen molar-refractivity contribution in [2.24, 2.45) is 0 Å². The van der Waals surface area contributed by atoms with Crippen LogP contribution in [0.2, 0.25) is 0 Å². The third-order valence-electron chi connectivity index (χ3n) is 6.46. The topological polar surface area (TPSA) is 129 Å². The first-order valence-corrected chi connectivity index (χ1v) is 10.9. The summed E-state index contributed by atoms with van der Waals surface area (Å²) in [5.41, 5.74) is 0.674. The number of nitrogens with one attached hydrogen (secondary N) is 1. The minimum Gasteiger partial charge on any atom is -0.482 e. The largest absolute Gasteiger partial charge is 0.482 e. The van der Waals surface area contributed by atoms with Crippen LogP contribution >= 0.6 is 0 Å². The first-order chi connectivity index (χ1) is 16.4. The molecular weight excluding hydrogens is 446 g/mol. The van der Waals surface area contributed by atoms with Gasteiger partial charge in [-0.25, -0.2) is 0 Å². The summed E-state index contributed by atoms with van der Waals surface area (Å²) < 4.78 is 21.9. The highest BCUT2D eigenvalue weighted by molar-refractivity contribution is 6.02. The van der Waals surface area contributed by atoms with Crippen LogP contribution in [0.25, 0.3) is 0 Å². The number of carbonyl (C=O) groups is 2. The average molecular weight is 469 g/mol. The van der Waals surface area contributed by atoms with Crippen LogP contribution in [-0.2, 0) is 19.7 Å². The number of rotatable bonds is 6. The summed E-state index contributed by atoms with van der Waals surface area (Å²) in [7, 11) is 0. The molecule has 1 fully saturated rings. The molecule has 0 bridgehead atoms. The maximum atomic E-state index is 12.9. The zero-order chi connectivity index (χ0) is 23.7. The van der Waals surface area contributed by atoms with E-state index in [4.69, 9.17) is 18.9 Å². The molecule has 0 saturated carbocycles. The number of carbonyl (C=O) groups excluding carboxylic acids is 2. The zero-order valence-corrected chi connectivity index (χ0v) is 18.3. The molecule has 0 aromatic heterocycles. The number of hydrogen-bond donors (Lipinski definition) is 1. The number of amides is 2. The number of anilines is 1. The van der Waals surface area contributed by atoms with Crippen molar-refractivity contribution in [1.82, 2.24) is 5.32 Å². The van der Waals surface area contributed by atoms with Crippen molar-refractivity contribution < 1.29 is 33.5 Å². The fourth-order valence-corrected chi connectivity index (χ4v) is 4.50. The molecule has 34 heavy (non-hydrogen) atoms. The summed E-state index contributed by atoms with van der Waals surface area (Å²) in [5, 5.41) is 14.1. The first kappa shape index (κ1) is 22.0. The normalized spacial score (nSPS) is 18.1. The van der Waals surface area contributed by atoms with Gasteiger partial charge in [-0.05, 0) is 36.6 Å². The van der Waals surface area contributed by atoms with E-state index in [1.54, 1.807) is 0 Å². The standard InChI is InChI=1S/C23H23N3O8/c27-21(11-25-17-10-16(26(29)30)2-4-18(17)32-12-22(25)28)24-13-23(5-7-31-8-6-23)15-1-3-19-20(9-15)34-14-33-19/h1-4,9-10H,5-8,11-14H2,(H,24,27). The van der Waals surface area contributed by atoms with E-state index in [2.05, 4.69) is 5.32 Å². The second-order valence-corrected chi connectivity index (χ2v) is 8.42. The van der Waals surface area contributed by atoms with Gasteiger partial charge in [0.05, 0.1) is 10.6 Å². The van der Waals surface area contributed by atoms with E-state index in [0.717, 1.165) is 5.56 Å². The van der Waals surface area contributed by atoms with Gasteiger partial charge in [-0.15, -0.1) is 0 Å². The number of nitrogens with zero attached hydrogens (tertiary/aromatic N) is 2. The van der Waals surface area contributed by atoms with Gasteiger partial charge < -0.3 is 24.3 Å². The second-order valence-electron chi connectivity index (χ2n) is 8.42. The number of hydrogen-bond acceptors (Lipinski definition) is 8. The number of fused-ring (bicyclic) bond motifs is 2. The molecule has 0 unspecified atom stereocenters. The molecule has 0 radical (unpaired) electrons. The highest BCUT2D eigenvalue weighted by Crippen LogP contribution is 2.41. The number of non-ortho nitro benzene ring substituents is 1. The predicted molar refractivity (Wildman–Crippen MR) is 118 cm³/mol. The Morgan fingerprint density at radius 3 is 2.62 bits per heavy atom. The number of nitro groups is 1. The van der Waals surface area contributed by atoms with Crippen molar-refractivity contribution in [2.45, 2.75) is 18.3 Å². The summed E-state index contributed by atoms with van der Waals surface area (Å²) in [5.74, 6) is 0.860. The van der Waals surface area contributed by atoms with Gasteiger partial charge >= 0.3 is 0 Å². The Kier molecular flexibility index (Phi) is 5.70. The van der Waals surface area contributed by atoms with Crippen LogP contribution in [0.5, 0.6) is 17.2 Å². The van der Waals surface area contributed by atoms with Crippen LogP contribution in [-0.4, -0.2) is 56.4 Å². The first-order valence-electron chi connectivity index (χ1n) is 10.9. The molecule has 11 heteroatoms. The van der Waals surface area contributed by atoms with Crippen LogP contribution in [0.15, 0.2) is 36.4 Å². The minimum absolute atomic E-state index is 0.179. The number of nitro benzene ring substituents is 1. The van der Waals surface area contributed by atoms with Crippen LogP contribution in [0, 0.1) is 10.1 Å². The number of ether oxygens (including phenoxy) is 4. The molecule has 3 aliphatic heterocycles. The monoisotopic (exact) mass is 469 g/mol. The fraction of sp³-hybridized carbons (Fsp3) is 0.391. The van der Waals surface area contributed by atoms with Gasteiger partial charge in [0.25, 0.3) is 11.6 Å². The van der Waals surface area contributed by atoms with Gasteiger partial charge in [0.2, 0.25) is 12.7 Å². The van der Waals surface area contributed by atoms with Crippen molar-refractivity contribution in [3.8, 4) is 17.2 Å². The Bertz CT molecular complexity index is 1150. The molecule has 0 atom stereocenters. The quantitative estimate of drug-likeness (QED) is 0.502. The lowest BCUT2D eigenvalue weighted by Gasteiger charge is -2.38. The van der Waals surface area contributed by atoms with Crippen LogP contribution < -0.4 is 24.4 Å². The molecule has 11 nitrogen and oxygen atoms in total. The third-order valence-corrected chi connectivity index (χ3v) is 6.46. The predicted octanol–water partition coefficient (Wildman–Crippen LogP) is 1.91. The Morgan fingerprint density at radius 2 is 1.82 bits per heavy atom.